The second-order valence-electron chi connectivity index (χ2n) is 3.42. The Kier molecular flexibility index (Phi) is 5.15. The number of amides is 1. The first kappa shape index (κ1) is 12.9. The van der Waals surface area contributed by atoms with Crippen LogP contribution in [0.4, 0.5) is 0 Å². The molecule has 0 aromatic carbocycles. The van der Waals surface area contributed by atoms with Gasteiger partial charge < -0.3 is 15.2 Å². The molecule has 0 spiro atoms. The van der Waals surface area contributed by atoms with Crippen LogP contribution in [-0.2, 0) is 14.3 Å². The second kappa shape index (κ2) is 5.59. The molecular formula is C9H17NO4. The van der Waals surface area contributed by atoms with E-state index in [4.69, 9.17) is 9.84 Å². The molecule has 0 heterocycles. The Hall–Kier alpha value is -1.10. The summed E-state index contributed by atoms with van der Waals surface area (Å²) in [5, 5.41) is 11.2. The molecule has 82 valence electrons. The van der Waals surface area contributed by atoms with Gasteiger partial charge in [-0.05, 0) is 27.7 Å². The number of hydrogen-bond acceptors (Lipinski definition) is 3. The van der Waals surface area contributed by atoms with E-state index in [1.165, 1.54) is 13.8 Å². The molecule has 14 heavy (non-hydrogen) atoms. The van der Waals surface area contributed by atoms with Crippen LogP contribution in [0.3, 0.4) is 0 Å². The van der Waals surface area contributed by atoms with E-state index in [2.05, 4.69) is 5.32 Å². The van der Waals surface area contributed by atoms with Gasteiger partial charge in [0, 0.05) is 6.04 Å². The minimum atomic E-state index is -1.07. The number of carboxylic acid groups (broad SMARTS) is 1. The largest absolute Gasteiger partial charge is 0.479 e. The fraction of sp³-hybridized carbons (Fsp3) is 0.778. The number of carbonyl (C=O) groups is 2. The van der Waals surface area contributed by atoms with Crippen molar-refractivity contribution in [2.24, 2.45) is 0 Å². The van der Waals surface area contributed by atoms with Crippen LogP contribution in [0.1, 0.15) is 27.7 Å². The number of carboxylic acids is 1. The van der Waals surface area contributed by atoms with Gasteiger partial charge in [0.2, 0.25) is 5.91 Å². The molecule has 0 bridgehead atoms. The van der Waals surface area contributed by atoms with Gasteiger partial charge in [-0.15, -0.1) is 0 Å². The fourth-order valence-corrected chi connectivity index (χ4v) is 0.828. The first-order valence-electron chi connectivity index (χ1n) is 4.53. The van der Waals surface area contributed by atoms with Crippen LogP contribution in [-0.4, -0.2) is 35.2 Å². The van der Waals surface area contributed by atoms with Crippen molar-refractivity contribution in [3.05, 3.63) is 0 Å². The van der Waals surface area contributed by atoms with E-state index in [1.54, 1.807) is 0 Å². The van der Waals surface area contributed by atoms with Crippen LogP contribution >= 0.6 is 0 Å². The van der Waals surface area contributed by atoms with E-state index in [-0.39, 0.29) is 11.9 Å². The molecule has 2 atom stereocenters. The monoisotopic (exact) mass is 203 g/mol. The van der Waals surface area contributed by atoms with Crippen molar-refractivity contribution >= 4 is 11.9 Å². The first-order chi connectivity index (χ1) is 6.34. The lowest BCUT2D eigenvalue weighted by Crippen LogP contribution is -2.41. The molecule has 5 heteroatoms. The zero-order valence-electron chi connectivity index (χ0n) is 8.90. The summed E-state index contributed by atoms with van der Waals surface area (Å²) in [6, 6.07) is 0.0219. The van der Waals surface area contributed by atoms with Gasteiger partial charge in [0.15, 0.2) is 6.10 Å². The summed E-state index contributed by atoms with van der Waals surface area (Å²) < 4.78 is 4.96. The van der Waals surface area contributed by atoms with Crippen molar-refractivity contribution in [3.63, 3.8) is 0 Å². The number of ether oxygens (including phenoxy) is 1. The molecule has 0 aromatic heterocycles. The Morgan fingerprint density at radius 3 is 2.00 bits per heavy atom. The third kappa shape index (κ3) is 4.81. The van der Waals surface area contributed by atoms with Crippen molar-refractivity contribution in [1.29, 1.82) is 0 Å². The zero-order chi connectivity index (χ0) is 11.3. The van der Waals surface area contributed by atoms with Crippen molar-refractivity contribution < 1.29 is 19.4 Å². The lowest BCUT2D eigenvalue weighted by atomic mass is 10.3. The normalized spacial score (nSPS) is 14.9. The molecule has 0 aromatic rings. The lowest BCUT2D eigenvalue weighted by molar-refractivity contribution is -0.155. The van der Waals surface area contributed by atoms with Gasteiger partial charge in [-0.2, -0.15) is 0 Å². The van der Waals surface area contributed by atoms with E-state index in [1.807, 2.05) is 13.8 Å². The Morgan fingerprint density at radius 2 is 1.64 bits per heavy atom. The highest BCUT2D eigenvalue weighted by molar-refractivity contribution is 5.81. The maximum absolute atomic E-state index is 11.3. The van der Waals surface area contributed by atoms with Crippen LogP contribution in [0.5, 0.6) is 0 Å². The minimum absolute atomic E-state index is 0.0219. The van der Waals surface area contributed by atoms with Crippen LogP contribution in [0.25, 0.3) is 0 Å². The molecule has 0 saturated heterocycles. The molecule has 5 nitrogen and oxygen atoms in total. The Morgan fingerprint density at radius 1 is 1.14 bits per heavy atom. The van der Waals surface area contributed by atoms with Gasteiger partial charge in [0.05, 0.1) is 0 Å². The number of rotatable bonds is 5. The first-order valence-corrected chi connectivity index (χ1v) is 4.53. The summed E-state index contributed by atoms with van der Waals surface area (Å²) in [7, 11) is 0. The third-order valence-electron chi connectivity index (χ3n) is 1.56. The van der Waals surface area contributed by atoms with E-state index in [0.29, 0.717) is 0 Å². The number of aliphatic carboxylic acids is 1. The van der Waals surface area contributed by atoms with Crippen LogP contribution in [0, 0.1) is 0 Å². The molecule has 0 aliphatic rings. The molecule has 0 fully saturated rings. The molecule has 1 amide bonds. The highest BCUT2D eigenvalue weighted by Crippen LogP contribution is 1.99. The van der Waals surface area contributed by atoms with Crippen molar-refractivity contribution in [3.8, 4) is 0 Å². The highest BCUT2D eigenvalue weighted by atomic mass is 16.5. The second-order valence-corrected chi connectivity index (χ2v) is 3.42. The molecule has 0 aliphatic heterocycles. The summed E-state index contributed by atoms with van der Waals surface area (Å²) in [6.45, 7) is 6.56. The molecule has 0 radical (unpaired) electrons. The molecule has 0 saturated carbocycles. The maximum Gasteiger partial charge on any atom is 0.332 e. The molecule has 0 aliphatic carbocycles. The van der Waals surface area contributed by atoms with Crippen molar-refractivity contribution in [2.75, 3.05) is 0 Å². The molecule has 2 N–H and O–H groups in total. The van der Waals surface area contributed by atoms with Gasteiger partial charge in [-0.25, -0.2) is 4.79 Å². The summed E-state index contributed by atoms with van der Waals surface area (Å²) in [5.41, 5.74) is 0. The Bertz CT molecular complexity index is 215. The lowest BCUT2D eigenvalue weighted by Gasteiger charge is -2.17. The van der Waals surface area contributed by atoms with E-state index >= 15 is 0 Å². The summed E-state index contributed by atoms with van der Waals surface area (Å²) in [4.78, 5) is 21.7. The summed E-state index contributed by atoms with van der Waals surface area (Å²) in [5.74, 6) is -1.37. The van der Waals surface area contributed by atoms with Crippen LogP contribution in [0.15, 0.2) is 0 Å². The maximum atomic E-state index is 11.3. The average molecular weight is 203 g/mol. The number of hydrogen-bond donors (Lipinski definition) is 2. The summed E-state index contributed by atoms with van der Waals surface area (Å²) >= 11 is 0. The van der Waals surface area contributed by atoms with Crippen molar-refractivity contribution in [2.45, 2.75) is 45.9 Å². The molecule has 0 rings (SSSR count). The quantitative estimate of drug-likeness (QED) is 0.677. The number of nitrogens with one attached hydrogen (secondary N) is 1. The molecular weight excluding hydrogens is 186 g/mol. The number of carbonyl (C=O) groups excluding carboxylic acids is 1. The van der Waals surface area contributed by atoms with E-state index in [9.17, 15) is 9.59 Å². The standard InChI is InChI=1S/C9H17NO4/c1-5(2)10-8(11)6(3)14-7(4)9(12)13/h5-7H,1-4H3,(H,10,11)(H,12,13)/t6?,7-/m1/s1. The molecule has 1 unspecified atom stereocenters. The van der Waals surface area contributed by atoms with E-state index in [0.717, 1.165) is 0 Å². The Labute approximate surface area is 83.4 Å². The van der Waals surface area contributed by atoms with Gasteiger partial charge in [-0.3, -0.25) is 4.79 Å². The minimum Gasteiger partial charge on any atom is -0.479 e. The topological polar surface area (TPSA) is 75.6 Å². The van der Waals surface area contributed by atoms with Gasteiger partial charge in [-0.1, -0.05) is 0 Å². The van der Waals surface area contributed by atoms with E-state index < -0.39 is 18.2 Å². The highest BCUT2D eigenvalue weighted by Gasteiger charge is 2.20. The predicted octanol–water partition coefficient (Wildman–Crippen LogP) is 0.389. The van der Waals surface area contributed by atoms with Gasteiger partial charge in [0.1, 0.15) is 6.10 Å². The van der Waals surface area contributed by atoms with Crippen LogP contribution < -0.4 is 5.32 Å². The fourth-order valence-electron chi connectivity index (χ4n) is 0.828. The Balaban J connectivity index is 4.01. The van der Waals surface area contributed by atoms with Gasteiger partial charge in [0.25, 0.3) is 0 Å². The van der Waals surface area contributed by atoms with Gasteiger partial charge >= 0.3 is 5.97 Å². The predicted molar refractivity (Wildman–Crippen MR) is 50.9 cm³/mol. The van der Waals surface area contributed by atoms with Crippen molar-refractivity contribution in [1.82, 2.24) is 5.32 Å². The summed E-state index contributed by atoms with van der Waals surface area (Å²) in [6.07, 6.45) is -1.72. The zero-order valence-corrected chi connectivity index (χ0v) is 8.90. The SMILES string of the molecule is CC(C)NC(=O)C(C)O[C@H](C)C(=O)O. The smallest absolute Gasteiger partial charge is 0.332 e. The average Bonchev–Trinajstić information content (AvgIpc) is 2.02. The van der Waals surface area contributed by atoms with Crippen LogP contribution in [0.2, 0.25) is 0 Å². The third-order valence-corrected chi connectivity index (χ3v) is 1.56.